The molecule has 0 aliphatic carbocycles. The van der Waals surface area contributed by atoms with Crippen molar-refractivity contribution >= 4 is 16.9 Å². The summed E-state index contributed by atoms with van der Waals surface area (Å²) in [6.07, 6.45) is -0.233. The zero-order chi connectivity index (χ0) is 18.0. The minimum absolute atomic E-state index is 0.233. The fourth-order valence-electron chi connectivity index (χ4n) is 2.67. The average molecular weight is 340 g/mol. The van der Waals surface area contributed by atoms with Gasteiger partial charge in [0.2, 0.25) is 0 Å². The molecule has 0 amide bonds. The SMILES string of the molecule is COc1ccc(-c2cc(=O)c3cccc(CC(=O)O)c3o2)c(OC)c1. The minimum Gasteiger partial charge on any atom is -0.497 e. The highest BCUT2D eigenvalue weighted by atomic mass is 16.5. The van der Waals surface area contributed by atoms with Gasteiger partial charge in [0.05, 0.1) is 31.6 Å². The van der Waals surface area contributed by atoms with Gasteiger partial charge in [0.25, 0.3) is 0 Å². The van der Waals surface area contributed by atoms with Gasteiger partial charge in [0, 0.05) is 17.7 Å². The van der Waals surface area contributed by atoms with Gasteiger partial charge in [-0.15, -0.1) is 0 Å². The van der Waals surface area contributed by atoms with Crippen molar-refractivity contribution in [1.29, 1.82) is 0 Å². The van der Waals surface area contributed by atoms with Crippen LogP contribution in [0.4, 0.5) is 0 Å². The number of ether oxygens (including phenoxy) is 2. The molecule has 0 spiro atoms. The summed E-state index contributed by atoms with van der Waals surface area (Å²) in [5.74, 6) is 0.394. The van der Waals surface area contributed by atoms with Gasteiger partial charge >= 0.3 is 5.97 Å². The lowest BCUT2D eigenvalue weighted by molar-refractivity contribution is -0.136. The van der Waals surface area contributed by atoms with Crippen molar-refractivity contribution < 1.29 is 23.8 Å². The van der Waals surface area contributed by atoms with Crippen molar-refractivity contribution in [3.05, 3.63) is 58.3 Å². The van der Waals surface area contributed by atoms with Crippen molar-refractivity contribution in [2.24, 2.45) is 0 Å². The molecule has 0 saturated heterocycles. The maximum Gasteiger partial charge on any atom is 0.307 e. The van der Waals surface area contributed by atoms with Gasteiger partial charge in [0.1, 0.15) is 22.8 Å². The molecule has 6 nitrogen and oxygen atoms in total. The Balaban J connectivity index is 2.24. The van der Waals surface area contributed by atoms with Gasteiger partial charge in [-0.25, -0.2) is 0 Å². The van der Waals surface area contributed by atoms with E-state index in [1.54, 1.807) is 43.5 Å². The van der Waals surface area contributed by atoms with Crippen LogP contribution in [0.2, 0.25) is 0 Å². The molecule has 128 valence electrons. The zero-order valence-electron chi connectivity index (χ0n) is 13.7. The van der Waals surface area contributed by atoms with Crippen LogP contribution in [0.25, 0.3) is 22.3 Å². The fourth-order valence-corrected chi connectivity index (χ4v) is 2.67. The number of aliphatic carboxylic acids is 1. The van der Waals surface area contributed by atoms with Crippen molar-refractivity contribution in [3.63, 3.8) is 0 Å². The number of carbonyl (C=O) groups is 1. The predicted molar refractivity (Wildman–Crippen MR) is 92.4 cm³/mol. The minimum atomic E-state index is -0.998. The van der Waals surface area contributed by atoms with Crippen molar-refractivity contribution in [2.75, 3.05) is 14.2 Å². The Morgan fingerprint density at radius 3 is 2.60 bits per heavy atom. The third-order valence-electron chi connectivity index (χ3n) is 3.85. The summed E-state index contributed by atoms with van der Waals surface area (Å²) in [7, 11) is 3.05. The van der Waals surface area contributed by atoms with E-state index >= 15 is 0 Å². The Kier molecular flexibility index (Phi) is 4.43. The first-order chi connectivity index (χ1) is 12.0. The topological polar surface area (TPSA) is 86.0 Å². The van der Waals surface area contributed by atoms with Gasteiger partial charge < -0.3 is 19.0 Å². The third-order valence-corrected chi connectivity index (χ3v) is 3.85. The molecule has 0 saturated carbocycles. The molecular formula is C19H16O6. The molecule has 0 aliphatic heterocycles. The maximum atomic E-state index is 12.5. The van der Waals surface area contributed by atoms with E-state index in [9.17, 15) is 9.59 Å². The van der Waals surface area contributed by atoms with E-state index in [4.69, 9.17) is 19.0 Å². The quantitative estimate of drug-likeness (QED) is 0.768. The summed E-state index contributed by atoms with van der Waals surface area (Å²) in [6.45, 7) is 0. The first kappa shape index (κ1) is 16.6. The Morgan fingerprint density at radius 1 is 1.12 bits per heavy atom. The van der Waals surface area contributed by atoms with Gasteiger partial charge in [0.15, 0.2) is 5.43 Å². The lowest BCUT2D eigenvalue weighted by Gasteiger charge is -2.11. The summed E-state index contributed by atoms with van der Waals surface area (Å²) < 4.78 is 16.4. The zero-order valence-corrected chi connectivity index (χ0v) is 13.7. The summed E-state index contributed by atoms with van der Waals surface area (Å²) in [5, 5.41) is 9.41. The average Bonchev–Trinajstić information content (AvgIpc) is 2.61. The number of methoxy groups -OCH3 is 2. The summed E-state index contributed by atoms with van der Waals surface area (Å²) >= 11 is 0. The summed E-state index contributed by atoms with van der Waals surface area (Å²) in [4.78, 5) is 23.5. The predicted octanol–water partition coefficient (Wildman–Crippen LogP) is 3.10. The molecule has 1 aromatic heterocycles. The van der Waals surface area contributed by atoms with Gasteiger partial charge in [-0.05, 0) is 18.2 Å². The molecular weight excluding hydrogens is 324 g/mol. The van der Waals surface area contributed by atoms with Crippen molar-refractivity contribution in [1.82, 2.24) is 0 Å². The van der Waals surface area contributed by atoms with Crippen LogP contribution in [-0.4, -0.2) is 25.3 Å². The van der Waals surface area contributed by atoms with E-state index < -0.39 is 5.97 Å². The number of carboxylic acids is 1. The molecule has 6 heteroatoms. The lowest BCUT2D eigenvalue weighted by atomic mass is 10.1. The molecule has 1 heterocycles. The van der Waals surface area contributed by atoms with E-state index in [1.165, 1.54) is 13.2 Å². The molecule has 0 atom stereocenters. The van der Waals surface area contributed by atoms with Crippen LogP contribution in [0.15, 0.2) is 51.7 Å². The molecule has 3 aromatic rings. The normalized spacial score (nSPS) is 10.6. The van der Waals surface area contributed by atoms with E-state index in [0.29, 0.717) is 33.8 Å². The number of rotatable bonds is 5. The number of para-hydroxylation sites is 1. The summed E-state index contributed by atoms with van der Waals surface area (Å²) in [6, 6.07) is 11.4. The van der Waals surface area contributed by atoms with Crippen LogP contribution >= 0.6 is 0 Å². The fraction of sp³-hybridized carbons (Fsp3) is 0.158. The Bertz CT molecular complexity index is 1000. The van der Waals surface area contributed by atoms with E-state index in [2.05, 4.69) is 0 Å². The van der Waals surface area contributed by atoms with Gasteiger partial charge in [-0.3, -0.25) is 9.59 Å². The van der Waals surface area contributed by atoms with Crippen molar-refractivity contribution in [3.8, 4) is 22.8 Å². The molecule has 2 aromatic carbocycles. The number of carboxylic acid groups (broad SMARTS) is 1. The number of hydrogen-bond donors (Lipinski definition) is 1. The van der Waals surface area contributed by atoms with Gasteiger partial charge in [-0.1, -0.05) is 12.1 Å². The van der Waals surface area contributed by atoms with Crippen LogP contribution in [0.5, 0.6) is 11.5 Å². The molecule has 0 fully saturated rings. The Hall–Kier alpha value is -3.28. The third kappa shape index (κ3) is 3.19. The molecule has 0 radical (unpaired) electrons. The summed E-state index contributed by atoms with van der Waals surface area (Å²) in [5.41, 5.74) is 1.04. The number of fused-ring (bicyclic) bond motifs is 1. The Labute approximate surface area is 143 Å². The molecule has 0 unspecified atom stereocenters. The number of hydrogen-bond acceptors (Lipinski definition) is 5. The standard InChI is InChI=1S/C19H16O6/c1-23-12-6-7-14(16(9-12)24-2)17-10-15(20)13-5-3-4-11(8-18(21)22)19(13)25-17/h3-7,9-10H,8H2,1-2H3,(H,21,22). The second kappa shape index (κ2) is 6.68. The van der Waals surface area contributed by atoms with Crippen molar-refractivity contribution in [2.45, 2.75) is 6.42 Å². The highest BCUT2D eigenvalue weighted by Crippen LogP contribution is 2.34. The van der Waals surface area contributed by atoms with Crippen LogP contribution in [0, 0.1) is 0 Å². The highest BCUT2D eigenvalue weighted by Gasteiger charge is 2.15. The first-order valence-corrected chi connectivity index (χ1v) is 7.53. The molecule has 1 N–H and O–H groups in total. The van der Waals surface area contributed by atoms with Crippen LogP contribution < -0.4 is 14.9 Å². The highest BCUT2D eigenvalue weighted by molar-refractivity contribution is 5.85. The smallest absolute Gasteiger partial charge is 0.307 e. The van der Waals surface area contributed by atoms with E-state index in [-0.39, 0.29) is 17.4 Å². The largest absolute Gasteiger partial charge is 0.497 e. The molecule has 0 bridgehead atoms. The lowest BCUT2D eigenvalue weighted by Crippen LogP contribution is -2.05. The second-order valence-electron chi connectivity index (χ2n) is 5.41. The first-order valence-electron chi connectivity index (χ1n) is 7.53. The van der Waals surface area contributed by atoms with E-state index in [0.717, 1.165) is 0 Å². The van der Waals surface area contributed by atoms with Crippen LogP contribution in [0.3, 0.4) is 0 Å². The molecule has 25 heavy (non-hydrogen) atoms. The van der Waals surface area contributed by atoms with Crippen LogP contribution in [0.1, 0.15) is 5.56 Å². The maximum absolute atomic E-state index is 12.5. The molecule has 0 aliphatic rings. The van der Waals surface area contributed by atoms with Gasteiger partial charge in [-0.2, -0.15) is 0 Å². The Morgan fingerprint density at radius 2 is 1.92 bits per heavy atom. The molecule has 3 rings (SSSR count). The van der Waals surface area contributed by atoms with Crippen LogP contribution in [-0.2, 0) is 11.2 Å². The number of benzene rings is 2. The second-order valence-corrected chi connectivity index (χ2v) is 5.41. The monoisotopic (exact) mass is 340 g/mol. The van der Waals surface area contributed by atoms with E-state index in [1.807, 2.05) is 0 Å².